The zero-order chi connectivity index (χ0) is 20.9. The lowest BCUT2D eigenvalue weighted by Gasteiger charge is -2.31. The fourth-order valence-electron chi connectivity index (χ4n) is 3.06. The van der Waals surface area contributed by atoms with Crippen molar-refractivity contribution >= 4 is 33.2 Å². The molecule has 0 saturated carbocycles. The van der Waals surface area contributed by atoms with E-state index < -0.39 is 16.1 Å². The number of nitrogens with zero attached hydrogens (tertiary/aromatic N) is 1. The number of sulfonamides is 1. The number of methoxy groups -OCH3 is 1. The number of benzene rings is 2. The van der Waals surface area contributed by atoms with Gasteiger partial charge in [-0.3, -0.25) is 9.10 Å². The molecule has 0 aliphatic rings. The SMILES string of the molecule is CC[C@@H](C(=O)N[C@H](C)c1ccccc1OC)N(c1ccc(Cl)cc1)S(C)(=O)=O. The molecule has 1 N–H and O–H groups in total. The van der Waals surface area contributed by atoms with Gasteiger partial charge in [-0.25, -0.2) is 8.42 Å². The molecule has 0 aliphatic carbocycles. The van der Waals surface area contributed by atoms with E-state index in [-0.39, 0.29) is 11.9 Å². The number of hydrogen-bond donors (Lipinski definition) is 1. The van der Waals surface area contributed by atoms with Gasteiger partial charge in [0.05, 0.1) is 25.1 Å². The van der Waals surface area contributed by atoms with Crippen LogP contribution in [0, 0.1) is 0 Å². The first-order chi connectivity index (χ1) is 13.2. The highest BCUT2D eigenvalue weighted by Crippen LogP contribution is 2.27. The first kappa shape index (κ1) is 22.0. The maximum absolute atomic E-state index is 13.0. The molecule has 2 aromatic carbocycles. The van der Waals surface area contributed by atoms with Crippen LogP contribution in [0.3, 0.4) is 0 Å². The van der Waals surface area contributed by atoms with E-state index in [1.54, 1.807) is 38.3 Å². The Hall–Kier alpha value is -2.25. The van der Waals surface area contributed by atoms with Crippen molar-refractivity contribution in [2.45, 2.75) is 32.4 Å². The molecular weight excluding hydrogens is 400 g/mol. The van der Waals surface area contributed by atoms with Crippen LogP contribution in [0.25, 0.3) is 0 Å². The van der Waals surface area contributed by atoms with Gasteiger partial charge < -0.3 is 10.1 Å². The number of para-hydroxylation sites is 1. The minimum atomic E-state index is -3.70. The van der Waals surface area contributed by atoms with Crippen LogP contribution in [0.5, 0.6) is 5.75 Å². The molecule has 152 valence electrons. The van der Waals surface area contributed by atoms with Crippen molar-refractivity contribution in [3.63, 3.8) is 0 Å². The molecule has 28 heavy (non-hydrogen) atoms. The first-order valence-corrected chi connectivity index (χ1v) is 11.1. The topological polar surface area (TPSA) is 75.7 Å². The van der Waals surface area contributed by atoms with E-state index in [4.69, 9.17) is 16.3 Å². The zero-order valence-electron chi connectivity index (χ0n) is 16.3. The van der Waals surface area contributed by atoms with Crippen LogP contribution in [0.15, 0.2) is 48.5 Å². The van der Waals surface area contributed by atoms with Crippen molar-refractivity contribution in [3.8, 4) is 5.75 Å². The largest absolute Gasteiger partial charge is 0.496 e. The van der Waals surface area contributed by atoms with E-state index in [9.17, 15) is 13.2 Å². The van der Waals surface area contributed by atoms with Gasteiger partial charge in [-0.2, -0.15) is 0 Å². The van der Waals surface area contributed by atoms with E-state index in [0.29, 0.717) is 22.9 Å². The fourth-order valence-corrected chi connectivity index (χ4v) is 4.40. The summed E-state index contributed by atoms with van der Waals surface area (Å²) in [7, 11) is -2.13. The van der Waals surface area contributed by atoms with E-state index in [1.807, 2.05) is 31.2 Å². The Bertz CT molecular complexity index is 916. The maximum atomic E-state index is 13.0. The van der Waals surface area contributed by atoms with Crippen molar-refractivity contribution < 1.29 is 17.9 Å². The van der Waals surface area contributed by atoms with Crippen molar-refractivity contribution in [2.24, 2.45) is 0 Å². The summed E-state index contributed by atoms with van der Waals surface area (Å²) in [4.78, 5) is 13.0. The molecule has 6 nitrogen and oxygen atoms in total. The zero-order valence-corrected chi connectivity index (χ0v) is 17.9. The van der Waals surface area contributed by atoms with Gasteiger partial charge in [0.2, 0.25) is 15.9 Å². The Morgan fingerprint density at radius 1 is 1.18 bits per heavy atom. The molecular formula is C20H25ClN2O4S. The minimum Gasteiger partial charge on any atom is -0.496 e. The van der Waals surface area contributed by atoms with Crippen LogP contribution in [0.2, 0.25) is 5.02 Å². The van der Waals surface area contributed by atoms with Gasteiger partial charge in [-0.05, 0) is 43.7 Å². The van der Waals surface area contributed by atoms with Crippen molar-refractivity contribution in [1.82, 2.24) is 5.32 Å². The summed E-state index contributed by atoms with van der Waals surface area (Å²) >= 11 is 5.91. The number of amides is 1. The lowest BCUT2D eigenvalue weighted by molar-refractivity contribution is -0.122. The van der Waals surface area contributed by atoms with Crippen LogP contribution in [-0.2, 0) is 14.8 Å². The Morgan fingerprint density at radius 3 is 2.32 bits per heavy atom. The Kier molecular flexibility index (Phi) is 7.32. The van der Waals surface area contributed by atoms with Gasteiger partial charge >= 0.3 is 0 Å². The number of rotatable bonds is 8. The first-order valence-electron chi connectivity index (χ1n) is 8.87. The molecule has 0 saturated heterocycles. The summed E-state index contributed by atoms with van der Waals surface area (Å²) in [5.74, 6) is 0.266. The second kappa shape index (κ2) is 9.30. The quantitative estimate of drug-likeness (QED) is 0.699. The third-order valence-electron chi connectivity index (χ3n) is 4.38. The number of ether oxygens (including phenoxy) is 1. The monoisotopic (exact) mass is 424 g/mol. The molecule has 0 radical (unpaired) electrons. The highest BCUT2D eigenvalue weighted by Gasteiger charge is 2.32. The molecule has 0 aliphatic heterocycles. The summed E-state index contributed by atoms with van der Waals surface area (Å²) in [6.07, 6.45) is 1.39. The van der Waals surface area contributed by atoms with Crippen LogP contribution < -0.4 is 14.4 Å². The summed E-state index contributed by atoms with van der Waals surface area (Å²) < 4.78 is 31.4. The van der Waals surface area contributed by atoms with Crippen LogP contribution in [-0.4, -0.2) is 33.7 Å². The molecule has 0 spiro atoms. The number of hydrogen-bond acceptors (Lipinski definition) is 4. The van der Waals surface area contributed by atoms with Gasteiger partial charge in [-0.15, -0.1) is 0 Å². The minimum absolute atomic E-state index is 0.306. The molecule has 2 aromatic rings. The average Bonchev–Trinajstić information content (AvgIpc) is 2.65. The van der Waals surface area contributed by atoms with Gasteiger partial charge in [0.1, 0.15) is 11.8 Å². The summed E-state index contributed by atoms with van der Waals surface area (Å²) in [5, 5.41) is 3.39. The fraction of sp³-hybridized carbons (Fsp3) is 0.350. The normalized spacial score (nSPS) is 13.5. The van der Waals surface area contributed by atoms with Crippen LogP contribution in [0.4, 0.5) is 5.69 Å². The smallest absolute Gasteiger partial charge is 0.244 e. The lowest BCUT2D eigenvalue weighted by atomic mass is 10.1. The number of carbonyl (C=O) groups excluding carboxylic acids is 1. The second-order valence-electron chi connectivity index (χ2n) is 6.43. The summed E-state index contributed by atoms with van der Waals surface area (Å²) in [5.41, 5.74) is 1.20. The standard InChI is InChI=1S/C20H25ClN2O4S/c1-5-18(23(28(4,25)26)16-12-10-15(21)11-13-16)20(24)22-14(2)17-8-6-7-9-19(17)27-3/h6-14,18H,5H2,1-4H3,(H,22,24)/t14-,18+/m1/s1. The Labute approximate surface area is 171 Å². The molecule has 0 heterocycles. The molecule has 0 unspecified atom stereocenters. The third-order valence-corrected chi connectivity index (χ3v) is 5.81. The Morgan fingerprint density at radius 2 is 1.79 bits per heavy atom. The van der Waals surface area contributed by atoms with Crippen LogP contribution in [0.1, 0.15) is 31.9 Å². The Balaban J connectivity index is 2.32. The number of halogens is 1. The molecule has 0 aromatic heterocycles. The van der Waals surface area contributed by atoms with E-state index in [0.717, 1.165) is 16.1 Å². The summed E-state index contributed by atoms with van der Waals surface area (Å²) in [6.45, 7) is 3.60. The van der Waals surface area contributed by atoms with Crippen molar-refractivity contribution in [2.75, 3.05) is 17.7 Å². The predicted octanol–water partition coefficient (Wildman–Crippen LogP) is 3.77. The number of carbonyl (C=O) groups is 1. The lowest BCUT2D eigenvalue weighted by Crippen LogP contribution is -2.49. The molecule has 1 amide bonds. The average molecular weight is 425 g/mol. The highest BCUT2D eigenvalue weighted by atomic mass is 35.5. The van der Waals surface area contributed by atoms with E-state index in [2.05, 4.69) is 5.32 Å². The highest BCUT2D eigenvalue weighted by molar-refractivity contribution is 7.92. The number of nitrogens with one attached hydrogen (secondary N) is 1. The van der Waals surface area contributed by atoms with Crippen molar-refractivity contribution in [3.05, 3.63) is 59.1 Å². The molecule has 8 heteroatoms. The van der Waals surface area contributed by atoms with E-state index in [1.165, 1.54) is 0 Å². The number of anilines is 1. The third kappa shape index (κ3) is 5.17. The molecule has 0 bridgehead atoms. The van der Waals surface area contributed by atoms with Gasteiger partial charge in [-0.1, -0.05) is 36.7 Å². The van der Waals surface area contributed by atoms with Gasteiger partial charge in [0, 0.05) is 10.6 Å². The maximum Gasteiger partial charge on any atom is 0.244 e. The van der Waals surface area contributed by atoms with Gasteiger partial charge in [0.15, 0.2) is 0 Å². The predicted molar refractivity (Wildman–Crippen MR) is 112 cm³/mol. The summed E-state index contributed by atoms with van der Waals surface area (Å²) in [6, 6.07) is 12.5. The molecule has 2 rings (SSSR count). The van der Waals surface area contributed by atoms with E-state index >= 15 is 0 Å². The van der Waals surface area contributed by atoms with Gasteiger partial charge in [0.25, 0.3) is 0 Å². The second-order valence-corrected chi connectivity index (χ2v) is 8.73. The molecule has 0 fully saturated rings. The van der Waals surface area contributed by atoms with Crippen molar-refractivity contribution in [1.29, 1.82) is 0 Å². The van der Waals surface area contributed by atoms with Crippen LogP contribution >= 0.6 is 11.6 Å². The molecule has 2 atom stereocenters.